The van der Waals surface area contributed by atoms with Gasteiger partial charge in [-0.2, -0.15) is 4.31 Å². The number of nitrogens with zero attached hydrogens (tertiary/aromatic N) is 2. The van der Waals surface area contributed by atoms with Gasteiger partial charge in [-0.15, -0.1) is 0 Å². The van der Waals surface area contributed by atoms with Gasteiger partial charge >= 0.3 is 0 Å². The number of sulfonamides is 1. The summed E-state index contributed by atoms with van der Waals surface area (Å²) >= 11 is 0. The quantitative estimate of drug-likeness (QED) is 0.823. The van der Waals surface area contributed by atoms with Crippen LogP contribution in [-0.4, -0.2) is 63.1 Å². The number of piperazine rings is 1. The Morgan fingerprint density at radius 1 is 1.17 bits per heavy atom. The van der Waals surface area contributed by atoms with Crippen LogP contribution in [0, 0.1) is 13.8 Å². The molecule has 1 fully saturated rings. The zero-order chi connectivity index (χ0) is 17.2. The largest absolute Gasteiger partial charge is 0.383 e. The first-order chi connectivity index (χ1) is 10.8. The number of hydrogen-bond acceptors (Lipinski definition) is 4. The third kappa shape index (κ3) is 3.94. The molecule has 2 atom stereocenters. The van der Waals surface area contributed by atoms with Crippen molar-refractivity contribution in [2.24, 2.45) is 0 Å². The Balaban J connectivity index is 2.22. The summed E-state index contributed by atoms with van der Waals surface area (Å²) < 4.78 is 32.8. The van der Waals surface area contributed by atoms with E-state index in [1.54, 1.807) is 17.5 Å². The van der Waals surface area contributed by atoms with E-state index in [0.717, 1.165) is 17.7 Å². The highest BCUT2D eigenvalue weighted by atomic mass is 32.2. The van der Waals surface area contributed by atoms with Crippen molar-refractivity contribution in [1.29, 1.82) is 0 Å². The number of hydrogen-bond donors (Lipinski definition) is 0. The minimum Gasteiger partial charge on any atom is -0.383 e. The molecule has 2 unspecified atom stereocenters. The Morgan fingerprint density at radius 3 is 2.30 bits per heavy atom. The average Bonchev–Trinajstić information content (AvgIpc) is 2.45. The van der Waals surface area contributed by atoms with Gasteiger partial charge in [0.1, 0.15) is 0 Å². The maximum atomic E-state index is 13.0. The molecule has 1 saturated heterocycles. The molecule has 1 aromatic rings. The van der Waals surface area contributed by atoms with Gasteiger partial charge in [0.15, 0.2) is 0 Å². The van der Waals surface area contributed by atoms with Gasteiger partial charge in [0.25, 0.3) is 0 Å². The minimum absolute atomic E-state index is 0.175. The molecule has 130 valence electrons. The number of aryl methyl sites for hydroxylation is 2. The lowest BCUT2D eigenvalue weighted by molar-refractivity contribution is 0.0495. The highest BCUT2D eigenvalue weighted by molar-refractivity contribution is 7.89. The van der Waals surface area contributed by atoms with Crippen LogP contribution in [0.5, 0.6) is 0 Å². The third-order valence-electron chi connectivity index (χ3n) is 4.57. The number of rotatable bonds is 5. The van der Waals surface area contributed by atoms with Crippen LogP contribution in [0.3, 0.4) is 0 Å². The van der Waals surface area contributed by atoms with Crippen molar-refractivity contribution in [1.82, 2.24) is 9.21 Å². The summed E-state index contributed by atoms with van der Waals surface area (Å²) in [5, 5.41) is 0. The van der Waals surface area contributed by atoms with Crippen molar-refractivity contribution in [2.45, 2.75) is 44.7 Å². The van der Waals surface area contributed by atoms with Crippen molar-refractivity contribution in [3.63, 3.8) is 0 Å². The molecule has 2 rings (SSSR count). The normalized spacial score (nSPS) is 24.0. The number of ether oxygens (including phenoxy) is 1. The predicted octanol–water partition coefficient (Wildman–Crippen LogP) is 2.03. The molecule has 0 aromatic heterocycles. The molecule has 6 heteroatoms. The summed E-state index contributed by atoms with van der Waals surface area (Å²) in [6.45, 7) is 10.5. The highest BCUT2D eigenvalue weighted by Crippen LogP contribution is 2.25. The van der Waals surface area contributed by atoms with Crippen molar-refractivity contribution in [3.8, 4) is 0 Å². The molecular formula is C17H28N2O3S. The first-order valence-corrected chi connectivity index (χ1v) is 9.53. The Morgan fingerprint density at radius 2 is 1.78 bits per heavy atom. The standard InChI is InChI=1S/C17H28N2O3S/c1-13-6-7-17(14(2)10-13)23(20,21)18-11-15(3)19(8-9-22-5)16(4)12-18/h6-7,10,15-16H,8-9,11-12H2,1-5H3. The topological polar surface area (TPSA) is 49.9 Å². The van der Waals surface area contributed by atoms with Crippen LogP contribution in [-0.2, 0) is 14.8 Å². The SMILES string of the molecule is COCCN1C(C)CN(S(=O)(=O)c2ccc(C)cc2C)CC1C. The van der Waals surface area contributed by atoms with Gasteiger partial charge in [-0.1, -0.05) is 17.7 Å². The van der Waals surface area contributed by atoms with Crippen molar-refractivity contribution in [2.75, 3.05) is 33.4 Å². The molecule has 0 saturated carbocycles. The molecule has 0 aliphatic carbocycles. The number of benzene rings is 1. The lowest BCUT2D eigenvalue weighted by atomic mass is 10.1. The number of methoxy groups -OCH3 is 1. The van der Waals surface area contributed by atoms with Crippen LogP contribution in [0.4, 0.5) is 0 Å². The van der Waals surface area contributed by atoms with Crippen LogP contribution >= 0.6 is 0 Å². The molecular weight excluding hydrogens is 312 g/mol. The van der Waals surface area contributed by atoms with E-state index in [1.807, 2.05) is 26.0 Å². The first kappa shape index (κ1) is 18.4. The summed E-state index contributed by atoms with van der Waals surface area (Å²) in [7, 11) is -1.75. The molecule has 0 amide bonds. The second kappa shape index (κ2) is 7.30. The van der Waals surface area contributed by atoms with Gasteiger partial charge in [0.05, 0.1) is 11.5 Å². The summed E-state index contributed by atoms with van der Waals surface area (Å²) in [6.07, 6.45) is 0. The Kier molecular flexibility index (Phi) is 5.84. The lowest BCUT2D eigenvalue weighted by Gasteiger charge is -2.43. The fourth-order valence-corrected chi connectivity index (χ4v) is 5.18. The van der Waals surface area contributed by atoms with E-state index in [0.29, 0.717) is 24.6 Å². The van der Waals surface area contributed by atoms with Gasteiger partial charge in [-0.05, 0) is 39.3 Å². The van der Waals surface area contributed by atoms with Crippen LogP contribution in [0.2, 0.25) is 0 Å². The van der Waals surface area contributed by atoms with Gasteiger partial charge < -0.3 is 4.74 Å². The zero-order valence-corrected chi connectivity index (χ0v) is 15.6. The molecule has 1 aromatic carbocycles. The van der Waals surface area contributed by atoms with Crippen LogP contribution in [0.1, 0.15) is 25.0 Å². The average molecular weight is 340 g/mol. The molecule has 1 aliphatic heterocycles. The summed E-state index contributed by atoms with van der Waals surface area (Å²) in [5.41, 5.74) is 1.89. The zero-order valence-electron chi connectivity index (χ0n) is 14.7. The molecule has 23 heavy (non-hydrogen) atoms. The molecule has 1 heterocycles. The van der Waals surface area contributed by atoms with Gasteiger partial charge in [0.2, 0.25) is 10.0 Å². The lowest BCUT2D eigenvalue weighted by Crippen LogP contribution is -2.58. The monoisotopic (exact) mass is 340 g/mol. The summed E-state index contributed by atoms with van der Waals surface area (Å²) in [4.78, 5) is 2.74. The fraction of sp³-hybridized carbons (Fsp3) is 0.647. The van der Waals surface area contributed by atoms with E-state index in [2.05, 4.69) is 18.7 Å². The Bertz CT molecular complexity index is 633. The molecule has 1 aliphatic rings. The molecule has 5 nitrogen and oxygen atoms in total. The highest BCUT2D eigenvalue weighted by Gasteiger charge is 2.36. The fourth-order valence-electron chi connectivity index (χ4n) is 3.37. The second-order valence-electron chi connectivity index (χ2n) is 6.52. The first-order valence-electron chi connectivity index (χ1n) is 8.09. The third-order valence-corrected chi connectivity index (χ3v) is 6.56. The van der Waals surface area contributed by atoms with Crippen LogP contribution in [0.15, 0.2) is 23.1 Å². The van der Waals surface area contributed by atoms with E-state index in [4.69, 9.17) is 4.74 Å². The molecule has 0 bridgehead atoms. The summed E-state index contributed by atoms with van der Waals surface area (Å²) in [5.74, 6) is 0. The van der Waals surface area contributed by atoms with Crippen molar-refractivity contribution < 1.29 is 13.2 Å². The van der Waals surface area contributed by atoms with E-state index in [9.17, 15) is 8.42 Å². The van der Waals surface area contributed by atoms with Gasteiger partial charge in [-0.3, -0.25) is 4.90 Å². The van der Waals surface area contributed by atoms with E-state index >= 15 is 0 Å². The maximum absolute atomic E-state index is 13.0. The molecule has 0 N–H and O–H groups in total. The molecule has 0 spiro atoms. The Hall–Kier alpha value is -0.950. The van der Waals surface area contributed by atoms with Crippen molar-refractivity contribution in [3.05, 3.63) is 29.3 Å². The van der Waals surface area contributed by atoms with Gasteiger partial charge in [0, 0.05) is 38.8 Å². The van der Waals surface area contributed by atoms with E-state index in [1.165, 1.54) is 0 Å². The Labute approximate surface area is 140 Å². The summed E-state index contributed by atoms with van der Waals surface area (Å²) in [6, 6.07) is 5.87. The van der Waals surface area contributed by atoms with Gasteiger partial charge in [-0.25, -0.2) is 8.42 Å². The van der Waals surface area contributed by atoms with E-state index in [-0.39, 0.29) is 12.1 Å². The van der Waals surface area contributed by atoms with Crippen molar-refractivity contribution >= 4 is 10.0 Å². The van der Waals surface area contributed by atoms with Crippen LogP contribution < -0.4 is 0 Å². The smallest absolute Gasteiger partial charge is 0.243 e. The second-order valence-corrected chi connectivity index (χ2v) is 8.43. The predicted molar refractivity (Wildman–Crippen MR) is 92.2 cm³/mol. The maximum Gasteiger partial charge on any atom is 0.243 e. The van der Waals surface area contributed by atoms with E-state index < -0.39 is 10.0 Å². The van der Waals surface area contributed by atoms with Crippen LogP contribution in [0.25, 0.3) is 0 Å². The minimum atomic E-state index is -3.44. The molecule has 0 radical (unpaired) electrons.